The molecule has 0 radical (unpaired) electrons. The Morgan fingerprint density at radius 1 is 1.14 bits per heavy atom. The molecule has 82 valence electrons. The predicted octanol–water partition coefficient (Wildman–Crippen LogP) is 2.61. The molecular formula is C10H18Cl2N2. The van der Waals surface area contributed by atoms with Gasteiger partial charge in [-0.1, -0.05) is 26.0 Å². The molecule has 1 aromatic carbocycles. The first-order valence-corrected chi connectivity index (χ1v) is 4.26. The van der Waals surface area contributed by atoms with E-state index in [2.05, 4.69) is 19.2 Å². The van der Waals surface area contributed by atoms with Crippen molar-refractivity contribution in [3.8, 4) is 0 Å². The second-order valence-corrected chi connectivity index (χ2v) is 3.28. The summed E-state index contributed by atoms with van der Waals surface area (Å²) in [5, 5.41) is 3.34. The first kappa shape index (κ1) is 16.0. The fourth-order valence-corrected chi connectivity index (χ4v) is 0.957. The zero-order valence-electron chi connectivity index (χ0n) is 8.49. The van der Waals surface area contributed by atoms with E-state index >= 15 is 0 Å². The fourth-order valence-electron chi connectivity index (χ4n) is 0.957. The maximum absolute atomic E-state index is 5.56. The van der Waals surface area contributed by atoms with Crippen molar-refractivity contribution in [2.75, 3.05) is 5.73 Å². The van der Waals surface area contributed by atoms with Crippen molar-refractivity contribution in [1.29, 1.82) is 0 Å². The maximum atomic E-state index is 5.56. The molecule has 0 heterocycles. The molecule has 0 saturated carbocycles. The summed E-state index contributed by atoms with van der Waals surface area (Å²) in [6.07, 6.45) is 0. The zero-order chi connectivity index (χ0) is 8.97. The summed E-state index contributed by atoms with van der Waals surface area (Å²) < 4.78 is 0. The minimum Gasteiger partial charge on any atom is -0.399 e. The number of nitrogens with one attached hydrogen (secondary N) is 1. The highest BCUT2D eigenvalue weighted by atomic mass is 35.5. The molecule has 0 aliphatic rings. The van der Waals surface area contributed by atoms with Crippen LogP contribution in [0.3, 0.4) is 0 Å². The Morgan fingerprint density at radius 2 is 1.64 bits per heavy atom. The van der Waals surface area contributed by atoms with Crippen LogP contribution in [0.2, 0.25) is 0 Å². The number of nitrogen functional groups attached to an aromatic ring is 1. The third-order valence-electron chi connectivity index (χ3n) is 1.69. The van der Waals surface area contributed by atoms with Crippen LogP contribution in [0.5, 0.6) is 0 Å². The van der Waals surface area contributed by atoms with Gasteiger partial charge in [-0.05, 0) is 17.7 Å². The molecule has 4 heteroatoms. The Balaban J connectivity index is 0. The summed E-state index contributed by atoms with van der Waals surface area (Å²) in [5.41, 5.74) is 7.66. The van der Waals surface area contributed by atoms with Gasteiger partial charge in [0.05, 0.1) is 0 Å². The van der Waals surface area contributed by atoms with Crippen molar-refractivity contribution < 1.29 is 0 Å². The largest absolute Gasteiger partial charge is 0.399 e. The molecule has 0 aliphatic carbocycles. The van der Waals surface area contributed by atoms with Gasteiger partial charge in [0.1, 0.15) is 0 Å². The first-order chi connectivity index (χ1) is 5.68. The van der Waals surface area contributed by atoms with E-state index in [4.69, 9.17) is 5.73 Å². The van der Waals surface area contributed by atoms with Crippen LogP contribution in [0.25, 0.3) is 0 Å². The van der Waals surface area contributed by atoms with Crippen molar-refractivity contribution in [1.82, 2.24) is 5.32 Å². The quantitative estimate of drug-likeness (QED) is 0.793. The number of rotatable bonds is 3. The summed E-state index contributed by atoms with van der Waals surface area (Å²) in [4.78, 5) is 0. The van der Waals surface area contributed by atoms with E-state index in [0.717, 1.165) is 12.2 Å². The SMILES string of the molecule is CC(C)NCc1ccc(N)cc1.Cl.Cl. The molecule has 1 aromatic rings. The summed E-state index contributed by atoms with van der Waals surface area (Å²) >= 11 is 0. The highest BCUT2D eigenvalue weighted by molar-refractivity contribution is 5.85. The monoisotopic (exact) mass is 236 g/mol. The van der Waals surface area contributed by atoms with Crippen molar-refractivity contribution in [2.45, 2.75) is 26.4 Å². The lowest BCUT2D eigenvalue weighted by atomic mass is 10.2. The van der Waals surface area contributed by atoms with E-state index in [0.29, 0.717) is 6.04 Å². The Kier molecular flexibility index (Phi) is 9.05. The van der Waals surface area contributed by atoms with E-state index in [-0.39, 0.29) is 24.8 Å². The average molecular weight is 237 g/mol. The molecule has 14 heavy (non-hydrogen) atoms. The molecule has 1 rings (SSSR count). The molecule has 0 unspecified atom stereocenters. The smallest absolute Gasteiger partial charge is 0.0314 e. The average Bonchev–Trinajstić information content (AvgIpc) is 2.03. The van der Waals surface area contributed by atoms with Gasteiger partial charge >= 0.3 is 0 Å². The summed E-state index contributed by atoms with van der Waals surface area (Å²) in [6.45, 7) is 5.19. The third-order valence-corrected chi connectivity index (χ3v) is 1.69. The molecule has 3 N–H and O–H groups in total. The van der Waals surface area contributed by atoms with E-state index in [1.165, 1.54) is 5.56 Å². The van der Waals surface area contributed by atoms with Gasteiger partial charge < -0.3 is 11.1 Å². The lowest BCUT2D eigenvalue weighted by molar-refractivity contribution is 0.589. The molecular weight excluding hydrogens is 219 g/mol. The standard InChI is InChI=1S/C10H16N2.2ClH/c1-8(2)12-7-9-3-5-10(11)6-4-9;;/h3-6,8,12H,7,11H2,1-2H3;2*1H. The normalized spacial score (nSPS) is 9.07. The zero-order valence-corrected chi connectivity index (χ0v) is 10.1. The van der Waals surface area contributed by atoms with Gasteiger partial charge in [0.2, 0.25) is 0 Å². The van der Waals surface area contributed by atoms with Crippen LogP contribution < -0.4 is 11.1 Å². The number of halogens is 2. The van der Waals surface area contributed by atoms with Gasteiger partial charge in [0, 0.05) is 18.3 Å². The number of anilines is 1. The molecule has 0 spiro atoms. The van der Waals surface area contributed by atoms with Crippen LogP contribution in [-0.2, 0) is 6.54 Å². The maximum Gasteiger partial charge on any atom is 0.0314 e. The minimum atomic E-state index is 0. The molecule has 0 aliphatic heterocycles. The number of benzene rings is 1. The van der Waals surface area contributed by atoms with Crippen molar-refractivity contribution in [3.05, 3.63) is 29.8 Å². The molecule has 0 atom stereocenters. The van der Waals surface area contributed by atoms with Crippen LogP contribution in [0, 0.1) is 0 Å². The highest BCUT2D eigenvalue weighted by Gasteiger charge is 1.93. The van der Waals surface area contributed by atoms with Gasteiger partial charge in [0.15, 0.2) is 0 Å². The summed E-state index contributed by atoms with van der Waals surface area (Å²) in [5.74, 6) is 0. The van der Waals surface area contributed by atoms with Crippen LogP contribution in [0.4, 0.5) is 5.69 Å². The van der Waals surface area contributed by atoms with E-state index < -0.39 is 0 Å². The molecule has 0 fully saturated rings. The fraction of sp³-hybridized carbons (Fsp3) is 0.400. The molecule has 0 amide bonds. The summed E-state index contributed by atoms with van der Waals surface area (Å²) in [6, 6.07) is 8.48. The van der Waals surface area contributed by atoms with E-state index in [9.17, 15) is 0 Å². The Labute approximate surface area is 98.1 Å². The van der Waals surface area contributed by atoms with Gasteiger partial charge in [0.25, 0.3) is 0 Å². The molecule has 0 bridgehead atoms. The van der Waals surface area contributed by atoms with Gasteiger partial charge in [-0.2, -0.15) is 0 Å². The van der Waals surface area contributed by atoms with E-state index in [1.807, 2.05) is 24.3 Å². The Bertz CT molecular complexity index is 234. The lowest BCUT2D eigenvalue weighted by Gasteiger charge is -2.07. The van der Waals surface area contributed by atoms with Crippen LogP contribution >= 0.6 is 24.8 Å². The van der Waals surface area contributed by atoms with Gasteiger partial charge in [-0.25, -0.2) is 0 Å². The third kappa shape index (κ3) is 6.08. The van der Waals surface area contributed by atoms with Crippen LogP contribution in [0.1, 0.15) is 19.4 Å². The minimum absolute atomic E-state index is 0. The molecule has 0 aromatic heterocycles. The van der Waals surface area contributed by atoms with Crippen molar-refractivity contribution in [3.63, 3.8) is 0 Å². The summed E-state index contributed by atoms with van der Waals surface area (Å²) in [7, 11) is 0. The lowest BCUT2D eigenvalue weighted by Crippen LogP contribution is -2.21. The molecule has 0 saturated heterocycles. The topological polar surface area (TPSA) is 38.0 Å². The number of hydrogen-bond donors (Lipinski definition) is 2. The highest BCUT2D eigenvalue weighted by Crippen LogP contribution is 2.04. The Morgan fingerprint density at radius 3 is 2.07 bits per heavy atom. The number of nitrogens with two attached hydrogens (primary N) is 1. The predicted molar refractivity (Wildman–Crippen MR) is 67.3 cm³/mol. The second kappa shape index (κ2) is 7.92. The van der Waals surface area contributed by atoms with Crippen LogP contribution in [0.15, 0.2) is 24.3 Å². The number of hydrogen-bond acceptors (Lipinski definition) is 2. The van der Waals surface area contributed by atoms with Gasteiger partial charge in [-0.3, -0.25) is 0 Å². The van der Waals surface area contributed by atoms with Crippen LogP contribution in [-0.4, -0.2) is 6.04 Å². The molecule has 2 nitrogen and oxygen atoms in total. The first-order valence-electron chi connectivity index (χ1n) is 4.26. The second-order valence-electron chi connectivity index (χ2n) is 3.28. The van der Waals surface area contributed by atoms with Gasteiger partial charge in [-0.15, -0.1) is 24.8 Å². The van der Waals surface area contributed by atoms with Crippen molar-refractivity contribution in [2.24, 2.45) is 0 Å². The Hall–Kier alpha value is -0.440. The van der Waals surface area contributed by atoms with Crippen molar-refractivity contribution >= 4 is 30.5 Å². The van der Waals surface area contributed by atoms with E-state index in [1.54, 1.807) is 0 Å².